The smallest absolute Gasteiger partial charge is 0.224 e. The lowest BCUT2D eigenvalue weighted by atomic mass is 10.1. The minimum Gasteiger partial charge on any atom is -0.349 e. The first-order valence-corrected chi connectivity index (χ1v) is 5.63. The van der Waals surface area contributed by atoms with Crippen molar-refractivity contribution in [2.45, 2.75) is 20.3 Å². The van der Waals surface area contributed by atoms with Gasteiger partial charge in [-0.05, 0) is 11.6 Å². The summed E-state index contributed by atoms with van der Waals surface area (Å²) in [6, 6.07) is 3.03. The van der Waals surface area contributed by atoms with E-state index in [2.05, 4.69) is 5.32 Å². The molecule has 1 aromatic rings. The zero-order valence-electron chi connectivity index (χ0n) is 10.3. The van der Waals surface area contributed by atoms with Crippen LogP contribution in [-0.4, -0.2) is 18.2 Å². The van der Waals surface area contributed by atoms with Crippen LogP contribution in [0.5, 0.6) is 0 Å². The molecule has 0 atom stereocenters. The van der Waals surface area contributed by atoms with Crippen molar-refractivity contribution in [2.24, 2.45) is 5.92 Å². The van der Waals surface area contributed by atoms with Gasteiger partial charge in [0.15, 0.2) is 5.78 Å². The number of amides is 1. The SMILES string of the molecule is CC(C)C(=O)CNC(=O)Cc1ccc(F)cc1F. The standard InChI is InChI=1S/C13H15F2NO2/c1-8(2)12(17)7-16-13(18)5-9-3-4-10(14)6-11(9)15/h3-4,6,8H,5,7H2,1-2H3,(H,16,18). The van der Waals surface area contributed by atoms with Crippen LogP contribution in [0.15, 0.2) is 18.2 Å². The highest BCUT2D eigenvalue weighted by molar-refractivity contribution is 5.87. The normalized spacial score (nSPS) is 10.5. The predicted molar refractivity (Wildman–Crippen MR) is 62.9 cm³/mol. The number of nitrogens with one attached hydrogen (secondary N) is 1. The van der Waals surface area contributed by atoms with Gasteiger partial charge in [0.25, 0.3) is 0 Å². The van der Waals surface area contributed by atoms with Crippen LogP contribution in [0.2, 0.25) is 0 Å². The summed E-state index contributed by atoms with van der Waals surface area (Å²) in [6.45, 7) is 3.39. The maximum absolute atomic E-state index is 13.3. The third kappa shape index (κ3) is 4.24. The Morgan fingerprint density at radius 2 is 1.94 bits per heavy atom. The van der Waals surface area contributed by atoms with Gasteiger partial charge in [-0.25, -0.2) is 8.78 Å². The highest BCUT2D eigenvalue weighted by Crippen LogP contribution is 2.09. The van der Waals surface area contributed by atoms with Gasteiger partial charge in [-0.3, -0.25) is 9.59 Å². The van der Waals surface area contributed by atoms with Crippen molar-refractivity contribution in [3.05, 3.63) is 35.4 Å². The molecule has 0 aromatic heterocycles. The van der Waals surface area contributed by atoms with Crippen LogP contribution >= 0.6 is 0 Å². The van der Waals surface area contributed by atoms with Gasteiger partial charge in [-0.2, -0.15) is 0 Å². The summed E-state index contributed by atoms with van der Waals surface area (Å²) >= 11 is 0. The van der Waals surface area contributed by atoms with E-state index < -0.39 is 17.5 Å². The number of hydrogen-bond acceptors (Lipinski definition) is 2. The molecule has 1 aromatic carbocycles. The molecule has 18 heavy (non-hydrogen) atoms. The molecule has 0 saturated heterocycles. The minimum atomic E-state index is -0.764. The first-order chi connectivity index (χ1) is 8.40. The van der Waals surface area contributed by atoms with Crippen LogP contribution in [0.1, 0.15) is 19.4 Å². The fourth-order valence-corrected chi connectivity index (χ4v) is 1.29. The molecule has 1 amide bonds. The Hall–Kier alpha value is -1.78. The summed E-state index contributed by atoms with van der Waals surface area (Å²) in [5.41, 5.74) is 0.103. The van der Waals surface area contributed by atoms with Gasteiger partial charge in [0, 0.05) is 12.0 Å². The number of carbonyl (C=O) groups excluding carboxylic acids is 2. The molecule has 0 aliphatic rings. The summed E-state index contributed by atoms with van der Waals surface area (Å²) in [6.07, 6.45) is -0.211. The third-order valence-corrected chi connectivity index (χ3v) is 2.47. The Balaban J connectivity index is 2.52. The van der Waals surface area contributed by atoms with Crippen molar-refractivity contribution in [3.63, 3.8) is 0 Å². The maximum Gasteiger partial charge on any atom is 0.224 e. The Bertz CT molecular complexity index is 458. The Kier molecular flexibility index (Phi) is 4.95. The van der Waals surface area contributed by atoms with E-state index in [0.29, 0.717) is 0 Å². The molecule has 1 rings (SSSR count). The summed E-state index contributed by atoms with van der Waals surface area (Å²) in [5, 5.41) is 2.41. The van der Waals surface area contributed by atoms with E-state index in [9.17, 15) is 18.4 Å². The molecular formula is C13H15F2NO2. The second kappa shape index (κ2) is 6.23. The topological polar surface area (TPSA) is 46.2 Å². The van der Waals surface area contributed by atoms with Gasteiger partial charge in [0.05, 0.1) is 13.0 Å². The third-order valence-electron chi connectivity index (χ3n) is 2.47. The lowest BCUT2D eigenvalue weighted by molar-refractivity contribution is -0.126. The van der Waals surface area contributed by atoms with E-state index in [4.69, 9.17) is 0 Å². The lowest BCUT2D eigenvalue weighted by Crippen LogP contribution is -2.32. The van der Waals surface area contributed by atoms with E-state index >= 15 is 0 Å². The number of Topliss-reactive ketones (excluding diaryl/α,β-unsaturated/α-hetero) is 1. The molecule has 0 aliphatic carbocycles. The second-order valence-electron chi connectivity index (χ2n) is 4.31. The number of halogens is 2. The fourth-order valence-electron chi connectivity index (χ4n) is 1.29. The van der Waals surface area contributed by atoms with E-state index in [1.54, 1.807) is 13.8 Å². The largest absolute Gasteiger partial charge is 0.349 e. The number of carbonyl (C=O) groups is 2. The molecule has 0 spiro atoms. The molecule has 98 valence electrons. The maximum atomic E-state index is 13.3. The van der Waals surface area contributed by atoms with Crippen molar-refractivity contribution >= 4 is 11.7 Å². The van der Waals surface area contributed by atoms with Crippen molar-refractivity contribution in [3.8, 4) is 0 Å². The minimum absolute atomic E-state index is 0.0701. The van der Waals surface area contributed by atoms with E-state index in [0.717, 1.165) is 12.1 Å². The number of ketones is 1. The molecule has 0 heterocycles. The highest BCUT2D eigenvalue weighted by Gasteiger charge is 2.12. The number of benzene rings is 1. The van der Waals surface area contributed by atoms with Crippen LogP contribution in [-0.2, 0) is 16.0 Å². The molecule has 0 aliphatic heterocycles. The van der Waals surface area contributed by atoms with Gasteiger partial charge in [0.2, 0.25) is 5.91 Å². The van der Waals surface area contributed by atoms with Crippen LogP contribution in [0.3, 0.4) is 0 Å². The first-order valence-electron chi connectivity index (χ1n) is 5.63. The van der Waals surface area contributed by atoms with Gasteiger partial charge in [-0.1, -0.05) is 19.9 Å². The summed E-state index contributed by atoms with van der Waals surface area (Å²) in [4.78, 5) is 22.7. The quantitative estimate of drug-likeness (QED) is 0.872. The Morgan fingerprint density at radius 1 is 1.28 bits per heavy atom. The van der Waals surface area contributed by atoms with Crippen LogP contribution in [0, 0.1) is 17.6 Å². The van der Waals surface area contributed by atoms with E-state index in [1.165, 1.54) is 6.07 Å². The van der Waals surface area contributed by atoms with Crippen LogP contribution < -0.4 is 5.32 Å². The molecule has 0 saturated carbocycles. The lowest BCUT2D eigenvalue weighted by Gasteiger charge is -2.07. The zero-order chi connectivity index (χ0) is 13.7. The van der Waals surface area contributed by atoms with E-state index in [-0.39, 0.29) is 30.2 Å². The molecule has 0 unspecified atom stereocenters. The molecule has 0 fully saturated rings. The van der Waals surface area contributed by atoms with Crippen molar-refractivity contribution in [1.82, 2.24) is 5.32 Å². The van der Waals surface area contributed by atoms with Gasteiger partial charge >= 0.3 is 0 Å². The summed E-state index contributed by atoms with van der Waals surface area (Å²) < 4.78 is 25.9. The van der Waals surface area contributed by atoms with Crippen molar-refractivity contribution in [1.29, 1.82) is 0 Å². The van der Waals surface area contributed by atoms with Gasteiger partial charge in [0.1, 0.15) is 11.6 Å². The number of hydrogen-bond donors (Lipinski definition) is 1. The monoisotopic (exact) mass is 255 g/mol. The fraction of sp³-hybridized carbons (Fsp3) is 0.385. The average Bonchev–Trinajstić information content (AvgIpc) is 2.29. The Labute approximate surface area is 104 Å². The average molecular weight is 255 g/mol. The van der Waals surface area contributed by atoms with Gasteiger partial charge in [-0.15, -0.1) is 0 Å². The Morgan fingerprint density at radius 3 is 2.50 bits per heavy atom. The molecule has 1 N–H and O–H groups in total. The van der Waals surface area contributed by atoms with Crippen molar-refractivity contribution in [2.75, 3.05) is 6.54 Å². The number of rotatable bonds is 5. The van der Waals surface area contributed by atoms with E-state index in [1.807, 2.05) is 0 Å². The van der Waals surface area contributed by atoms with Crippen LogP contribution in [0.4, 0.5) is 8.78 Å². The molecule has 0 radical (unpaired) electrons. The predicted octanol–water partition coefficient (Wildman–Crippen LogP) is 1.85. The first kappa shape index (κ1) is 14.3. The van der Waals surface area contributed by atoms with Crippen molar-refractivity contribution < 1.29 is 18.4 Å². The molecule has 5 heteroatoms. The van der Waals surface area contributed by atoms with Crippen LogP contribution in [0.25, 0.3) is 0 Å². The van der Waals surface area contributed by atoms with Gasteiger partial charge < -0.3 is 5.32 Å². The summed E-state index contributed by atoms with van der Waals surface area (Å²) in [5.74, 6) is -2.17. The molecular weight excluding hydrogens is 240 g/mol. The molecule has 3 nitrogen and oxygen atoms in total. The highest BCUT2D eigenvalue weighted by atomic mass is 19.1. The zero-order valence-corrected chi connectivity index (χ0v) is 10.3. The summed E-state index contributed by atoms with van der Waals surface area (Å²) in [7, 11) is 0. The molecule has 0 bridgehead atoms. The second-order valence-corrected chi connectivity index (χ2v) is 4.31.